The van der Waals surface area contributed by atoms with Gasteiger partial charge in [0, 0.05) is 11.3 Å². The van der Waals surface area contributed by atoms with Gasteiger partial charge in [-0.1, -0.05) is 48.5 Å². The van der Waals surface area contributed by atoms with Crippen LogP contribution in [0.2, 0.25) is 0 Å². The molecule has 3 aromatic carbocycles. The zero-order valence-corrected chi connectivity index (χ0v) is 15.1. The number of hydrogen-bond donors (Lipinski definition) is 1. The number of para-hydroxylation sites is 1. The van der Waals surface area contributed by atoms with Crippen molar-refractivity contribution in [1.82, 2.24) is 14.8 Å². The first-order valence-corrected chi connectivity index (χ1v) is 8.77. The van der Waals surface area contributed by atoms with E-state index in [9.17, 15) is 9.18 Å². The highest BCUT2D eigenvalue weighted by atomic mass is 19.1. The average Bonchev–Trinajstić information content (AvgIpc) is 3.16. The first-order valence-electron chi connectivity index (χ1n) is 8.77. The molecule has 0 fully saturated rings. The van der Waals surface area contributed by atoms with Gasteiger partial charge in [-0.3, -0.25) is 4.79 Å². The van der Waals surface area contributed by atoms with Crippen LogP contribution in [0.25, 0.3) is 17.1 Å². The van der Waals surface area contributed by atoms with Crippen molar-refractivity contribution >= 4 is 11.6 Å². The molecule has 1 amide bonds. The molecular weight excluding hydrogens is 355 g/mol. The van der Waals surface area contributed by atoms with Crippen molar-refractivity contribution in [1.29, 1.82) is 0 Å². The fourth-order valence-electron chi connectivity index (χ4n) is 2.84. The van der Waals surface area contributed by atoms with Crippen LogP contribution >= 0.6 is 0 Å². The van der Waals surface area contributed by atoms with Crippen molar-refractivity contribution in [2.75, 3.05) is 5.32 Å². The summed E-state index contributed by atoms with van der Waals surface area (Å²) in [5.41, 5.74) is 3.06. The molecule has 0 aliphatic rings. The molecule has 0 unspecified atom stereocenters. The fourth-order valence-corrected chi connectivity index (χ4v) is 2.84. The lowest BCUT2D eigenvalue weighted by atomic mass is 10.2. The summed E-state index contributed by atoms with van der Waals surface area (Å²) in [6.07, 6.45) is 0. The smallest absolute Gasteiger partial charge is 0.295 e. The second-order valence-electron chi connectivity index (χ2n) is 6.28. The van der Waals surface area contributed by atoms with Crippen LogP contribution in [0.5, 0.6) is 0 Å². The van der Waals surface area contributed by atoms with Crippen molar-refractivity contribution in [2.24, 2.45) is 0 Å². The second-order valence-corrected chi connectivity index (χ2v) is 6.28. The topological polar surface area (TPSA) is 59.8 Å². The minimum atomic E-state index is -0.410. The zero-order chi connectivity index (χ0) is 19.5. The molecule has 0 bridgehead atoms. The van der Waals surface area contributed by atoms with Gasteiger partial charge < -0.3 is 5.32 Å². The Kier molecular flexibility index (Phi) is 4.68. The van der Waals surface area contributed by atoms with E-state index in [4.69, 9.17) is 0 Å². The molecule has 4 rings (SSSR count). The standard InChI is InChI=1S/C22H17FN4O/c1-15-7-5-6-10-19(15)24-22(28)20-25-21(16-8-3-2-4-9-16)27(26-20)18-13-11-17(23)12-14-18/h2-14H,1H3,(H,24,28). The number of nitrogens with one attached hydrogen (secondary N) is 1. The third kappa shape index (κ3) is 3.53. The SMILES string of the molecule is Cc1ccccc1NC(=O)c1nc(-c2ccccc2)n(-c2ccc(F)cc2)n1. The van der Waals surface area contributed by atoms with Gasteiger partial charge in [0.2, 0.25) is 5.82 Å². The number of carbonyl (C=O) groups is 1. The Morgan fingerprint density at radius 2 is 1.61 bits per heavy atom. The zero-order valence-electron chi connectivity index (χ0n) is 15.1. The van der Waals surface area contributed by atoms with Gasteiger partial charge in [0.15, 0.2) is 5.82 Å². The summed E-state index contributed by atoms with van der Waals surface area (Å²) in [6.45, 7) is 1.91. The Bertz CT molecular complexity index is 1120. The van der Waals surface area contributed by atoms with E-state index in [1.54, 1.807) is 16.8 Å². The molecule has 0 spiro atoms. The minimum absolute atomic E-state index is 0.0337. The summed E-state index contributed by atoms with van der Waals surface area (Å²) < 4.78 is 14.9. The Labute approximate surface area is 161 Å². The van der Waals surface area contributed by atoms with Crippen LogP contribution in [0.1, 0.15) is 16.2 Å². The summed E-state index contributed by atoms with van der Waals surface area (Å²) in [6, 6.07) is 22.8. The molecule has 0 radical (unpaired) electrons. The summed E-state index contributed by atoms with van der Waals surface area (Å²) in [7, 11) is 0. The van der Waals surface area contributed by atoms with Gasteiger partial charge in [-0.05, 0) is 42.8 Å². The molecule has 4 aromatic rings. The predicted molar refractivity (Wildman–Crippen MR) is 106 cm³/mol. The highest BCUT2D eigenvalue weighted by Gasteiger charge is 2.19. The molecule has 0 saturated carbocycles. The first kappa shape index (κ1) is 17.6. The number of hydrogen-bond acceptors (Lipinski definition) is 3. The van der Waals surface area contributed by atoms with Crippen molar-refractivity contribution < 1.29 is 9.18 Å². The molecule has 0 aliphatic carbocycles. The van der Waals surface area contributed by atoms with Gasteiger partial charge in [0.05, 0.1) is 5.69 Å². The Hall–Kier alpha value is -3.80. The van der Waals surface area contributed by atoms with Gasteiger partial charge in [-0.25, -0.2) is 14.1 Å². The predicted octanol–water partition coefficient (Wildman–Crippen LogP) is 4.63. The summed E-state index contributed by atoms with van der Waals surface area (Å²) >= 11 is 0. The van der Waals surface area contributed by atoms with Gasteiger partial charge in [0.25, 0.3) is 5.91 Å². The second kappa shape index (κ2) is 7.44. The van der Waals surface area contributed by atoms with E-state index < -0.39 is 5.91 Å². The van der Waals surface area contributed by atoms with Gasteiger partial charge in [0.1, 0.15) is 5.82 Å². The maximum Gasteiger partial charge on any atom is 0.295 e. The number of halogens is 1. The van der Waals surface area contributed by atoms with Crippen molar-refractivity contribution in [3.8, 4) is 17.1 Å². The van der Waals surface area contributed by atoms with Crippen LogP contribution in [0.4, 0.5) is 10.1 Å². The van der Waals surface area contributed by atoms with Crippen LogP contribution in [0, 0.1) is 12.7 Å². The van der Waals surface area contributed by atoms with E-state index in [1.807, 2.05) is 61.5 Å². The Morgan fingerprint density at radius 1 is 0.929 bits per heavy atom. The third-order valence-corrected chi connectivity index (χ3v) is 4.31. The monoisotopic (exact) mass is 372 g/mol. The molecule has 28 heavy (non-hydrogen) atoms. The molecule has 138 valence electrons. The quantitative estimate of drug-likeness (QED) is 0.568. The van der Waals surface area contributed by atoms with E-state index in [0.717, 1.165) is 11.1 Å². The Balaban J connectivity index is 1.76. The molecule has 6 heteroatoms. The lowest BCUT2D eigenvalue weighted by molar-refractivity contribution is 0.101. The van der Waals surface area contributed by atoms with Crippen LogP contribution in [-0.2, 0) is 0 Å². The molecular formula is C22H17FN4O. The molecule has 0 aliphatic heterocycles. The van der Waals surface area contributed by atoms with Crippen LogP contribution in [-0.4, -0.2) is 20.7 Å². The number of benzene rings is 3. The highest BCUT2D eigenvalue weighted by Crippen LogP contribution is 2.22. The molecule has 1 heterocycles. The lowest BCUT2D eigenvalue weighted by Crippen LogP contribution is -2.15. The van der Waals surface area contributed by atoms with Crippen LogP contribution in [0.15, 0.2) is 78.9 Å². The summed E-state index contributed by atoms with van der Waals surface area (Å²) in [4.78, 5) is 17.2. The molecule has 0 atom stereocenters. The molecule has 1 N–H and O–H groups in total. The van der Waals surface area contributed by atoms with Gasteiger partial charge in [-0.15, -0.1) is 5.10 Å². The normalized spacial score (nSPS) is 10.6. The first-order chi connectivity index (χ1) is 13.6. The van der Waals surface area contributed by atoms with Crippen molar-refractivity contribution in [3.63, 3.8) is 0 Å². The number of carbonyl (C=O) groups excluding carboxylic acids is 1. The number of anilines is 1. The number of nitrogens with zero attached hydrogens (tertiary/aromatic N) is 3. The minimum Gasteiger partial charge on any atom is -0.319 e. The molecule has 5 nitrogen and oxygen atoms in total. The van der Waals surface area contributed by atoms with Gasteiger partial charge in [-0.2, -0.15) is 0 Å². The molecule has 1 aromatic heterocycles. The third-order valence-electron chi connectivity index (χ3n) is 4.31. The van der Waals surface area contributed by atoms with E-state index >= 15 is 0 Å². The van der Waals surface area contributed by atoms with Gasteiger partial charge >= 0.3 is 0 Å². The fraction of sp³-hybridized carbons (Fsp3) is 0.0455. The van der Waals surface area contributed by atoms with Crippen molar-refractivity contribution in [2.45, 2.75) is 6.92 Å². The van der Waals surface area contributed by atoms with Crippen LogP contribution in [0.3, 0.4) is 0 Å². The highest BCUT2D eigenvalue weighted by molar-refractivity contribution is 6.02. The molecule has 0 saturated heterocycles. The largest absolute Gasteiger partial charge is 0.319 e. The average molecular weight is 372 g/mol. The van der Waals surface area contributed by atoms with E-state index in [1.165, 1.54) is 12.1 Å². The lowest BCUT2D eigenvalue weighted by Gasteiger charge is -2.06. The van der Waals surface area contributed by atoms with Crippen LogP contribution < -0.4 is 5.32 Å². The maximum atomic E-state index is 13.3. The number of rotatable bonds is 4. The number of amides is 1. The summed E-state index contributed by atoms with van der Waals surface area (Å²) in [5.74, 6) is -0.219. The number of aryl methyl sites for hydroxylation is 1. The van der Waals surface area contributed by atoms with E-state index in [2.05, 4.69) is 15.4 Å². The van der Waals surface area contributed by atoms with E-state index in [0.29, 0.717) is 17.2 Å². The Morgan fingerprint density at radius 3 is 2.32 bits per heavy atom. The summed E-state index contributed by atoms with van der Waals surface area (Å²) in [5, 5.41) is 7.23. The van der Waals surface area contributed by atoms with Crippen molar-refractivity contribution in [3.05, 3.63) is 96.1 Å². The maximum absolute atomic E-state index is 13.3. The van der Waals surface area contributed by atoms with E-state index in [-0.39, 0.29) is 11.6 Å². The number of aromatic nitrogens is 3.